The molecule has 1 aliphatic heterocycles. The molecule has 9 heteroatoms. The van der Waals surface area contributed by atoms with Crippen molar-refractivity contribution in [1.82, 2.24) is 9.55 Å². The highest BCUT2D eigenvalue weighted by Crippen LogP contribution is 2.32. The molecular weight excluding hydrogens is 392 g/mol. The van der Waals surface area contributed by atoms with Crippen molar-refractivity contribution in [3.05, 3.63) is 32.6 Å². The molecule has 0 radical (unpaired) electrons. The van der Waals surface area contributed by atoms with Crippen molar-refractivity contribution in [2.24, 2.45) is 10.8 Å². The van der Waals surface area contributed by atoms with Crippen LogP contribution in [-0.2, 0) is 23.8 Å². The van der Waals surface area contributed by atoms with Gasteiger partial charge < -0.3 is 14.2 Å². The number of rotatable bonds is 4. The lowest BCUT2D eigenvalue weighted by atomic mass is 9.97. The van der Waals surface area contributed by atoms with Gasteiger partial charge in [0.25, 0.3) is 5.56 Å². The minimum atomic E-state index is -0.863. The maximum atomic E-state index is 12.4. The van der Waals surface area contributed by atoms with Gasteiger partial charge in [0.15, 0.2) is 0 Å². The molecule has 1 fully saturated rings. The maximum Gasteiger partial charge on any atom is 0.330 e. The summed E-state index contributed by atoms with van der Waals surface area (Å²) in [7, 11) is 0. The molecule has 0 spiro atoms. The summed E-state index contributed by atoms with van der Waals surface area (Å²) in [6, 6.07) is 0. The lowest BCUT2D eigenvalue weighted by molar-refractivity contribution is -0.167. The largest absolute Gasteiger partial charge is 0.462 e. The number of nitrogens with zero attached hydrogens (tertiary/aromatic N) is 1. The molecule has 30 heavy (non-hydrogen) atoms. The fourth-order valence-electron chi connectivity index (χ4n) is 2.64. The summed E-state index contributed by atoms with van der Waals surface area (Å²) in [5.74, 6) is 1.31. The summed E-state index contributed by atoms with van der Waals surface area (Å²) in [6.45, 7) is 10.1. The van der Waals surface area contributed by atoms with Gasteiger partial charge in [-0.3, -0.25) is 23.9 Å². The fraction of sp³-hybridized carbons (Fsp3) is 0.619. The first-order valence-corrected chi connectivity index (χ1v) is 9.60. The molecule has 2 rings (SSSR count). The average molecular weight is 420 g/mol. The summed E-state index contributed by atoms with van der Waals surface area (Å²) in [5, 5.41) is 0. The van der Waals surface area contributed by atoms with Crippen molar-refractivity contribution in [3.8, 4) is 12.3 Å². The Morgan fingerprint density at radius 1 is 1.20 bits per heavy atom. The molecule has 1 aromatic heterocycles. The van der Waals surface area contributed by atoms with E-state index in [4.69, 9.17) is 20.6 Å². The van der Waals surface area contributed by atoms with Gasteiger partial charge in [0, 0.05) is 12.6 Å². The molecule has 164 valence electrons. The molecule has 3 atom stereocenters. The molecule has 2 heterocycles. The Kier molecular flexibility index (Phi) is 6.62. The number of aromatic amines is 1. The summed E-state index contributed by atoms with van der Waals surface area (Å²) in [4.78, 5) is 50.6. The van der Waals surface area contributed by atoms with E-state index in [2.05, 4.69) is 10.9 Å². The number of ether oxygens (including phenoxy) is 3. The zero-order chi connectivity index (χ0) is 22.9. The highest BCUT2D eigenvalue weighted by molar-refractivity contribution is 5.76. The number of hydrogen-bond donors (Lipinski definition) is 1. The molecule has 0 aliphatic carbocycles. The van der Waals surface area contributed by atoms with E-state index < -0.39 is 52.5 Å². The van der Waals surface area contributed by atoms with Crippen molar-refractivity contribution in [3.63, 3.8) is 0 Å². The monoisotopic (exact) mass is 420 g/mol. The minimum absolute atomic E-state index is 0.0379. The second-order valence-corrected chi connectivity index (χ2v) is 9.26. The highest BCUT2D eigenvalue weighted by Gasteiger charge is 2.42. The van der Waals surface area contributed by atoms with E-state index in [1.54, 1.807) is 41.5 Å². The van der Waals surface area contributed by atoms with Crippen LogP contribution in [0.25, 0.3) is 0 Å². The third-order valence-electron chi connectivity index (χ3n) is 4.48. The topological polar surface area (TPSA) is 117 Å². The van der Waals surface area contributed by atoms with Crippen LogP contribution in [0.3, 0.4) is 0 Å². The number of terminal acetylenes is 1. The summed E-state index contributed by atoms with van der Waals surface area (Å²) >= 11 is 0. The summed E-state index contributed by atoms with van der Waals surface area (Å²) < 4.78 is 17.9. The molecule has 1 aromatic rings. The molecule has 1 saturated heterocycles. The van der Waals surface area contributed by atoms with Crippen LogP contribution in [0, 0.1) is 23.2 Å². The minimum Gasteiger partial charge on any atom is -0.462 e. The van der Waals surface area contributed by atoms with Crippen LogP contribution >= 0.6 is 0 Å². The molecular formula is C21H28N2O7. The van der Waals surface area contributed by atoms with E-state index in [0.29, 0.717) is 0 Å². The predicted octanol–water partition coefficient (Wildman–Crippen LogP) is 1.35. The standard InChI is InChI=1S/C21H28N2O7/c1-8-12-10-23(19(27)22-16(12)24)15-9-13(30-18(26)21(5,6)7)14(29-15)11-28-17(25)20(2,3)4/h1,10,13-15H,9,11H2,2-7H3,(H,22,24,27)/t13?,14-,15-/m0/s1. The zero-order valence-electron chi connectivity index (χ0n) is 18.1. The first-order chi connectivity index (χ1) is 13.7. The second kappa shape index (κ2) is 8.48. The average Bonchev–Trinajstić information content (AvgIpc) is 3.00. The van der Waals surface area contributed by atoms with Crippen molar-refractivity contribution in [2.45, 2.75) is 66.4 Å². The number of hydrogen-bond acceptors (Lipinski definition) is 7. The van der Waals surface area contributed by atoms with Gasteiger partial charge in [-0.25, -0.2) is 4.79 Å². The van der Waals surface area contributed by atoms with Crippen LogP contribution in [0.1, 0.15) is 59.8 Å². The molecule has 1 unspecified atom stereocenters. The Morgan fingerprint density at radius 3 is 2.33 bits per heavy atom. The number of carbonyl (C=O) groups is 2. The van der Waals surface area contributed by atoms with Gasteiger partial charge in [0.05, 0.1) is 10.8 Å². The van der Waals surface area contributed by atoms with Crippen molar-refractivity contribution >= 4 is 11.9 Å². The third kappa shape index (κ3) is 5.39. The Labute approximate surface area is 174 Å². The fourth-order valence-corrected chi connectivity index (χ4v) is 2.64. The molecule has 0 aromatic carbocycles. The van der Waals surface area contributed by atoms with E-state index >= 15 is 0 Å². The van der Waals surface area contributed by atoms with E-state index in [0.717, 1.165) is 4.57 Å². The van der Waals surface area contributed by atoms with Crippen LogP contribution in [0.2, 0.25) is 0 Å². The van der Waals surface area contributed by atoms with Gasteiger partial charge in [-0.1, -0.05) is 5.92 Å². The highest BCUT2D eigenvalue weighted by atomic mass is 16.6. The van der Waals surface area contributed by atoms with Gasteiger partial charge in [0.2, 0.25) is 0 Å². The van der Waals surface area contributed by atoms with Gasteiger partial charge in [-0.15, -0.1) is 6.42 Å². The number of esters is 2. The Morgan fingerprint density at radius 2 is 1.80 bits per heavy atom. The first-order valence-electron chi connectivity index (χ1n) is 9.60. The zero-order valence-corrected chi connectivity index (χ0v) is 18.1. The van der Waals surface area contributed by atoms with Crippen LogP contribution in [0.15, 0.2) is 15.8 Å². The van der Waals surface area contributed by atoms with Gasteiger partial charge in [0.1, 0.15) is 30.6 Å². The first kappa shape index (κ1) is 23.4. The number of H-pyrrole nitrogens is 1. The molecule has 1 aliphatic rings. The molecule has 0 saturated carbocycles. The molecule has 0 amide bonds. The van der Waals surface area contributed by atoms with E-state index in [1.807, 2.05) is 0 Å². The normalized spacial score (nSPS) is 21.7. The summed E-state index contributed by atoms with van der Waals surface area (Å²) in [5.41, 5.74) is -2.90. The lowest BCUT2D eigenvalue weighted by Crippen LogP contribution is -2.36. The van der Waals surface area contributed by atoms with E-state index in [9.17, 15) is 19.2 Å². The Hall–Kier alpha value is -2.86. The smallest absolute Gasteiger partial charge is 0.330 e. The van der Waals surface area contributed by atoms with E-state index in [-0.39, 0.29) is 18.6 Å². The Balaban J connectivity index is 2.29. The maximum absolute atomic E-state index is 12.4. The van der Waals surface area contributed by atoms with Crippen molar-refractivity contribution in [1.29, 1.82) is 0 Å². The number of aromatic nitrogens is 2. The second-order valence-electron chi connectivity index (χ2n) is 9.26. The number of carbonyl (C=O) groups excluding carboxylic acids is 2. The van der Waals surface area contributed by atoms with Crippen molar-refractivity contribution < 1.29 is 23.8 Å². The quantitative estimate of drug-likeness (QED) is 0.577. The van der Waals surface area contributed by atoms with Gasteiger partial charge in [-0.05, 0) is 41.5 Å². The van der Waals surface area contributed by atoms with Gasteiger partial charge >= 0.3 is 17.6 Å². The van der Waals surface area contributed by atoms with Crippen LogP contribution in [0.5, 0.6) is 0 Å². The lowest BCUT2D eigenvalue weighted by Gasteiger charge is -2.24. The van der Waals surface area contributed by atoms with E-state index in [1.165, 1.54) is 6.20 Å². The third-order valence-corrected chi connectivity index (χ3v) is 4.48. The Bertz CT molecular complexity index is 969. The molecule has 1 N–H and O–H groups in total. The summed E-state index contributed by atoms with van der Waals surface area (Å²) in [6.07, 6.45) is 4.23. The van der Waals surface area contributed by atoms with Crippen LogP contribution in [0.4, 0.5) is 0 Å². The number of nitrogens with one attached hydrogen (secondary N) is 1. The van der Waals surface area contributed by atoms with Crippen LogP contribution < -0.4 is 11.2 Å². The SMILES string of the molecule is C#Cc1cn([C@@H]2CC(OC(=O)C(C)(C)C)[C@H](COC(=O)C(C)(C)C)O2)c(=O)[nH]c1=O. The molecule has 0 bridgehead atoms. The predicted molar refractivity (Wildman–Crippen MR) is 108 cm³/mol. The van der Waals surface area contributed by atoms with Crippen molar-refractivity contribution in [2.75, 3.05) is 6.61 Å². The molecule has 9 nitrogen and oxygen atoms in total. The van der Waals surface area contributed by atoms with Crippen LogP contribution in [-0.4, -0.2) is 40.3 Å². The van der Waals surface area contributed by atoms with Gasteiger partial charge in [-0.2, -0.15) is 0 Å².